The second-order valence-electron chi connectivity index (χ2n) is 7.73. The number of rotatable bonds is 8. The third-order valence-corrected chi connectivity index (χ3v) is 4.73. The van der Waals surface area contributed by atoms with Crippen molar-refractivity contribution in [3.05, 3.63) is 64.7 Å². The molecule has 150 valence electrons. The normalized spacial score (nSPS) is 11.8. The number of nitrogens with one attached hydrogen (secondary N) is 1. The number of ether oxygens (including phenoxy) is 1. The van der Waals surface area contributed by atoms with Crippen LogP contribution in [0.5, 0.6) is 5.75 Å². The minimum absolute atomic E-state index is 0.195. The molecule has 0 aromatic heterocycles. The molecule has 0 saturated carbocycles. The van der Waals surface area contributed by atoms with Crippen molar-refractivity contribution >= 4 is 11.6 Å². The molecule has 0 atom stereocenters. The molecule has 0 aliphatic heterocycles. The summed E-state index contributed by atoms with van der Waals surface area (Å²) in [6, 6.07) is 13.8. The molecular weight excluding hydrogens is 348 g/mol. The number of hydrogen-bond acceptors (Lipinski definition) is 3. The number of benzene rings is 2. The van der Waals surface area contributed by atoms with Gasteiger partial charge >= 0.3 is 0 Å². The Bertz CT molecular complexity index is 821. The third kappa shape index (κ3) is 5.95. The van der Waals surface area contributed by atoms with Crippen molar-refractivity contribution in [2.24, 2.45) is 11.0 Å². The van der Waals surface area contributed by atoms with Crippen molar-refractivity contribution < 1.29 is 9.53 Å². The summed E-state index contributed by atoms with van der Waals surface area (Å²) < 4.78 is 6.06. The van der Waals surface area contributed by atoms with Crippen LogP contribution in [0.1, 0.15) is 74.0 Å². The highest BCUT2D eigenvalue weighted by atomic mass is 16.5. The maximum absolute atomic E-state index is 12.3. The van der Waals surface area contributed by atoms with Crippen molar-refractivity contribution in [1.82, 2.24) is 5.43 Å². The van der Waals surface area contributed by atoms with E-state index in [2.05, 4.69) is 63.3 Å². The van der Waals surface area contributed by atoms with Gasteiger partial charge in [-0.05, 0) is 60.1 Å². The number of hydrazone groups is 1. The van der Waals surface area contributed by atoms with Crippen LogP contribution in [0.4, 0.5) is 0 Å². The average Bonchev–Trinajstić information content (AvgIpc) is 2.66. The van der Waals surface area contributed by atoms with E-state index in [1.807, 2.05) is 31.2 Å². The Morgan fingerprint density at radius 1 is 1.07 bits per heavy atom. The van der Waals surface area contributed by atoms with Gasteiger partial charge in [0.05, 0.1) is 0 Å². The third-order valence-electron chi connectivity index (χ3n) is 4.73. The summed E-state index contributed by atoms with van der Waals surface area (Å²) in [6.45, 7) is 13.0. The molecule has 0 aliphatic rings. The topological polar surface area (TPSA) is 50.7 Å². The lowest BCUT2D eigenvalue weighted by molar-refractivity contribution is 0.0954. The van der Waals surface area contributed by atoms with Crippen LogP contribution in [0.3, 0.4) is 0 Å². The summed E-state index contributed by atoms with van der Waals surface area (Å²) in [5.41, 5.74) is 7.63. The zero-order chi connectivity index (χ0) is 20.7. The Balaban J connectivity index is 2.02. The Labute approximate surface area is 169 Å². The quantitative estimate of drug-likeness (QED) is 0.461. The van der Waals surface area contributed by atoms with Crippen LogP contribution in [0.2, 0.25) is 0 Å². The van der Waals surface area contributed by atoms with E-state index in [1.54, 1.807) is 0 Å². The Morgan fingerprint density at radius 3 is 2.32 bits per heavy atom. The highest BCUT2D eigenvalue weighted by Crippen LogP contribution is 2.28. The number of nitrogens with zero attached hydrogens (tertiary/aromatic N) is 1. The summed E-state index contributed by atoms with van der Waals surface area (Å²) in [6.07, 6.45) is 0.825. The lowest BCUT2D eigenvalue weighted by Gasteiger charge is -2.15. The zero-order valence-electron chi connectivity index (χ0n) is 17.9. The summed E-state index contributed by atoms with van der Waals surface area (Å²) >= 11 is 0. The van der Waals surface area contributed by atoms with E-state index in [4.69, 9.17) is 4.74 Å². The van der Waals surface area contributed by atoms with Gasteiger partial charge in [-0.2, -0.15) is 5.10 Å². The summed E-state index contributed by atoms with van der Waals surface area (Å²) in [5.74, 6) is 1.45. The highest BCUT2D eigenvalue weighted by Gasteiger charge is 2.10. The maximum atomic E-state index is 12.3. The van der Waals surface area contributed by atoms with Gasteiger partial charge < -0.3 is 4.74 Å². The predicted octanol–water partition coefficient (Wildman–Crippen LogP) is 5.85. The monoisotopic (exact) mass is 380 g/mol. The molecule has 0 heterocycles. The molecule has 0 fully saturated rings. The smallest absolute Gasteiger partial charge is 0.271 e. The molecule has 0 aliphatic carbocycles. The van der Waals surface area contributed by atoms with Crippen LogP contribution < -0.4 is 10.2 Å². The van der Waals surface area contributed by atoms with Gasteiger partial charge in [0.2, 0.25) is 0 Å². The lowest BCUT2D eigenvalue weighted by Crippen LogP contribution is -2.21. The lowest BCUT2D eigenvalue weighted by atomic mass is 10.0. The van der Waals surface area contributed by atoms with Crippen LogP contribution in [0.15, 0.2) is 47.6 Å². The van der Waals surface area contributed by atoms with Gasteiger partial charge in [-0.3, -0.25) is 4.79 Å². The summed E-state index contributed by atoms with van der Waals surface area (Å²) in [7, 11) is 0. The van der Waals surface area contributed by atoms with E-state index in [9.17, 15) is 4.79 Å². The molecule has 0 bridgehead atoms. The van der Waals surface area contributed by atoms with Crippen LogP contribution in [0.25, 0.3) is 0 Å². The highest BCUT2D eigenvalue weighted by molar-refractivity contribution is 5.95. The molecule has 4 heteroatoms. The van der Waals surface area contributed by atoms with E-state index in [1.165, 1.54) is 11.1 Å². The fourth-order valence-corrected chi connectivity index (χ4v) is 2.96. The number of hydrogen-bond donors (Lipinski definition) is 1. The number of aryl methyl sites for hydroxylation is 1. The van der Waals surface area contributed by atoms with Crippen molar-refractivity contribution in [3.8, 4) is 5.75 Å². The molecule has 4 nitrogen and oxygen atoms in total. The molecule has 28 heavy (non-hydrogen) atoms. The SMILES string of the molecule is CC/C(=N/NC(=O)c1ccc(COc2cc(C)ccc2C(C)C)cc1)C(C)C. The van der Waals surface area contributed by atoms with E-state index in [-0.39, 0.29) is 5.91 Å². The van der Waals surface area contributed by atoms with Crippen molar-refractivity contribution in [2.75, 3.05) is 0 Å². The van der Waals surface area contributed by atoms with Crippen LogP contribution in [-0.4, -0.2) is 11.6 Å². The molecule has 1 amide bonds. The molecule has 0 unspecified atom stereocenters. The minimum atomic E-state index is -0.195. The van der Waals surface area contributed by atoms with Crippen LogP contribution >= 0.6 is 0 Å². The zero-order valence-corrected chi connectivity index (χ0v) is 17.9. The molecule has 2 aromatic carbocycles. The van der Waals surface area contributed by atoms with Gasteiger partial charge in [0.25, 0.3) is 5.91 Å². The molecule has 0 radical (unpaired) electrons. The van der Waals surface area contributed by atoms with E-state index >= 15 is 0 Å². The first-order valence-electron chi connectivity index (χ1n) is 10.0. The van der Waals surface area contributed by atoms with E-state index in [0.29, 0.717) is 24.0 Å². The second-order valence-corrected chi connectivity index (χ2v) is 7.73. The van der Waals surface area contributed by atoms with Crippen molar-refractivity contribution in [2.45, 2.75) is 60.5 Å². The molecule has 0 saturated heterocycles. The van der Waals surface area contributed by atoms with Crippen LogP contribution in [-0.2, 0) is 6.61 Å². The first kappa shape index (κ1) is 21.7. The van der Waals surface area contributed by atoms with Gasteiger partial charge in [-0.15, -0.1) is 0 Å². The van der Waals surface area contributed by atoms with Crippen molar-refractivity contribution in [3.63, 3.8) is 0 Å². The fraction of sp³-hybridized carbons (Fsp3) is 0.417. The number of carbonyl (C=O) groups is 1. The largest absolute Gasteiger partial charge is 0.489 e. The van der Waals surface area contributed by atoms with Gasteiger partial charge in [-0.1, -0.05) is 58.9 Å². The van der Waals surface area contributed by atoms with Gasteiger partial charge in [0.1, 0.15) is 12.4 Å². The Hall–Kier alpha value is -2.62. The Kier molecular flexibility index (Phi) is 7.80. The van der Waals surface area contributed by atoms with Crippen LogP contribution in [0, 0.1) is 12.8 Å². The maximum Gasteiger partial charge on any atom is 0.271 e. The standard InChI is InChI=1S/C24H32N2O2/c1-7-22(17(4)5)25-26-24(27)20-11-9-19(10-12-20)15-28-23-14-18(6)8-13-21(23)16(2)3/h8-14,16-17H,7,15H2,1-6H3,(H,26,27)/b25-22-. The van der Waals surface area contributed by atoms with Gasteiger partial charge in [-0.25, -0.2) is 5.43 Å². The first-order valence-corrected chi connectivity index (χ1v) is 10.0. The van der Waals surface area contributed by atoms with E-state index < -0.39 is 0 Å². The second kappa shape index (κ2) is 10.1. The number of carbonyl (C=O) groups excluding carboxylic acids is 1. The molecule has 0 spiro atoms. The molecule has 2 aromatic rings. The van der Waals surface area contributed by atoms with E-state index in [0.717, 1.165) is 23.4 Å². The van der Waals surface area contributed by atoms with Crippen molar-refractivity contribution in [1.29, 1.82) is 0 Å². The number of amides is 1. The molecule has 1 N–H and O–H groups in total. The predicted molar refractivity (Wildman–Crippen MR) is 116 cm³/mol. The molecular formula is C24H32N2O2. The Morgan fingerprint density at radius 2 is 1.75 bits per heavy atom. The summed E-state index contributed by atoms with van der Waals surface area (Å²) in [4.78, 5) is 12.3. The van der Waals surface area contributed by atoms with Gasteiger partial charge in [0, 0.05) is 11.3 Å². The molecule has 2 rings (SSSR count). The van der Waals surface area contributed by atoms with Gasteiger partial charge in [0.15, 0.2) is 0 Å². The first-order chi connectivity index (χ1) is 13.3. The fourth-order valence-electron chi connectivity index (χ4n) is 2.96. The summed E-state index contributed by atoms with van der Waals surface area (Å²) in [5, 5.41) is 4.24. The average molecular weight is 381 g/mol. The minimum Gasteiger partial charge on any atom is -0.489 e.